The predicted molar refractivity (Wildman–Crippen MR) is 68.8 cm³/mol. The Morgan fingerprint density at radius 2 is 2.00 bits per heavy atom. The van der Waals surface area contributed by atoms with Gasteiger partial charge in [-0.15, -0.1) is 0 Å². The van der Waals surface area contributed by atoms with Crippen molar-refractivity contribution in [2.75, 3.05) is 0 Å². The van der Waals surface area contributed by atoms with Crippen LogP contribution in [0.25, 0.3) is 15.9 Å². The summed E-state index contributed by atoms with van der Waals surface area (Å²) in [6, 6.07) is 6.54. The summed E-state index contributed by atoms with van der Waals surface area (Å²) in [5, 5.41) is 0. The minimum Gasteiger partial charge on any atom is -0.438 e. The molecule has 2 aromatic heterocycles. The molecule has 98 valence electrons. The molecule has 3 aromatic rings. The van der Waals surface area contributed by atoms with Crippen LogP contribution in [0.1, 0.15) is 0 Å². The average molecular weight is 271 g/mol. The second kappa shape index (κ2) is 4.63. The van der Waals surface area contributed by atoms with Crippen LogP contribution in [0, 0.1) is 18.2 Å². The molecule has 0 saturated heterocycles. The molecule has 0 amide bonds. The first-order valence-corrected chi connectivity index (χ1v) is 5.66. The monoisotopic (exact) mass is 271 g/mol. The lowest BCUT2D eigenvalue weighted by Gasteiger charge is -2.06. The number of pyridine rings is 1. The zero-order chi connectivity index (χ0) is 14.1. The topological polar surface area (TPSA) is 42.3 Å². The average Bonchev–Trinajstić information content (AvgIpc) is 2.88. The van der Waals surface area contributed by atoms with Crippen LogP contribution in [0.3, 0.4) is 0 Å². The lowest BCUT2D eigenvalue weighted by atomic mass is 10.3. The van der Waals surface area contributed by atoms with Crippen molar-refractivity contribution in [2.45, 2.75) is 0 Å². The fourth-order valence-corrected chi connectivity index (χ4v) is 1.76. The number of hydrogen-bond donors (Lipinski definition) is 1. The Hall–Kier alpha value is -2.94. The van der Waals surface area contributed by atoms with Crippen molar-refractivity contribution < 1.29 is 13.5 Å². The van der Waals surface area contributed by atoms with E-state index in [0.717, 1.165) is 6.07 Å². The summed E-state index contributed by atoms with van der Waals surface area (Å²) in [5.74, 6) is -1.37. The van der Waals surface area contributed by atoms with Crippen LogP contribution in [0.4, 0.5) is 14.5 Å². The molecule has 4 nitrogen and oxygen atoms in total. The smallest absolute Gasteiger partial charge is 0.256 e. The highest BCUT2D eigenvalue weighted by molar-refractivity contribution is 5.75. The molecule has 0 bridgehead atoms. The summed E-state index contributed by atoms with van der Waals surface area (Å²) in [4.78, 5) is 9.85. The SMILES string of the molecule is [C-]#[N+]c1cc(Oc2nc3cc[nH]c3cc2F)ccc1F. The number of nitrogens with one attached hydrogen (secondary N) is 1. The Labute approximate surface area is 112 Å². The molecular formula is C14H7F2N3O. The third kappa shape index (κ3) is 2.06. The third-order valence-electron chi connectivity index (χ3n) is 2.71. The Kier molecular flexibility index (Phi) is 2.80. The van der Waals surface area contributed by atoms with Gasteiger partial charge in [0.1, 0.15) is 11.6 Å². The zero-order valence-corrected chi connectivity index (χ0v) is 10.0. The zero-order valence-electron chi connectivity index (χ0n) is 10.0. The lowest BCUT2D eigenvalue weighted by molar-refractivity contribution is 0.425. The van der Waals surface area contributed by atoms with Crippen LogP contribution < -0.4 is 4.74 Å². The molecule has 1 aromatic carbocycles. The molecule has 0 fully saturated rings. The fraction of sp³-hybridized carbons (Fsp3) is 0. The van der Waals surface area contributed by atoms with Crippen molar-refractivity contribution in [2.24, 2.45) is 0 Å². The molecule has 0 saturated carbocycles. The molecule has 0 atom stereocenters. The van der Waals surface area contributed by atoms with Crippen LogP contribution in [0.2, 0.25) is 0 Å². The number of nitrogens with zero attached hydrogens (tertiary/aromatic N) is 2. The molecule has 0 unspecified atom stereocenters. The van der Waals surface area contributed by atoms with Gasteiger partial charge in [0.05, 0.1) is 17.6 Å². The second-order valence-corrected chi connectivity index (χ2v) is 4.01. The number of aromatic amines is 1. The molecule has 0 aliphatic rings. The van der Waals surface area contributed by atoms with Gasteiger partial charge >= 0.3 is 0 Å². The number of hydrogen-bond acceptors (Lipinski definition) is 2. The van der Waals surface area contributed by atoms with Crippen molar-refractivity contribution in [1.29, 1.82) is 0 Å². The third-order valence-corrected chi connectivity index (χ3v) is 2.71. The maximum atomic E-state index is 13.8. The van der Waals surface area contributed by atoms with Gasteiger partial charge in [0.2, 0.25) is 5.69 Å². The van der Waals surface area contributed by atoms with E-state index in [1.165, 1.54) is 18.2 Å². The number of fused-ring (bicyclic) bond motifs is 1. The Balaban J connectivity index is 2.00. The molecule has 0 spiro atoms. The molecule has 0 radical (unpaired) electrons. The van der Waals surface area contributed by atoms with Gasteiger partial charge in [0.15, 0.2) is 5.82 Å². The Morgan fingerprint density at radius 3 is 2.80 bits per heavy atom. The maximum Gasteiger partial charge on any atom is 0.256 e. The molecule has 6 heteroatoms. The molecule has 0 aliphatic carbocycles. The van der Waals surface area contributed by atoms with Gasteiger partial charge in [-0.25, -0.2) is 18.6 Å². The predicted octanol–water partition coefficient (Wildman–Crippen LogP) is 4.18. The number of halogens is 2. The first kappa shape index (κ1) is 12.1. The number of benzene rings is 1. The quantitative estimate of drug-likeness (QED) is 0.710. The van der Waals surface area contributed by atoms with Crippen LogP contribution in [-0.2, 0) is 0 Å². The van der Waals surface area contributed by atoms with Crippen molar-refractivity contribution in [3.8, 4) is 11.6 Å². The number of aromatic nitrogens is 2. The van der Waals surface area contributed by atoms with E-state index in [-0.39, 0.29) is 17.3 Å². The largest absolute Gasteiger partial charge is 0.438 e. The Bertz CT molecular complexity index is 836. The molecule has 1 N–H and O–H groups in total. The van der Waals surface area contributed by atoms with Crippen molar-refractivity contribution in [3.63, 3.8) is 0 Å². The molecule has 2 heterocycles. The summed E-state index contributed by atoms with van der Waals surface area (Å²) in [7, 11) is 0. The van der Waals surface area contributed by atoms with Gasteiger partial charge in [0.25, 0.3) is 5.88 Å². The van der Waals surface area contributed by atoms with Crippen LogP contribution in [-0.4, -0.2) is 9.97 Å². The number of ether oxygens (including phenoxy) is 1. The van der Waals surface area contributed by atoms with E-state index in [1.54, 1.807) is 12.3 Å². The van der Waals surface area contributed by atoms with Gasteiger partial charge in [-0.05, 0) is 24.3 Å². The normalized spacial score (nSPS) is 10.4. The second-order valence-electron chi connectivity index (χ2n) is 4.01. The van der Waals surface area contributed by atoms with Crippen molar-refractivity contribution in [3.05, 3.63) is 59.6 Å². The minimum atomic E-state index is -0.651. The van der Waals surface area contributed by atoms with Crippen molar-refractivity contribution >= 4 is 16.7 Å². The van der Waals surface area contributed by atoms with E-state index in [9.17, 15) is 8.78 Å². The molecular weight excluding hydrogens is 264 g/mol. The number of rotatable bonds is 2. The van der Waals surface area contributed by atoms with E-state index in [2.05, 4.69) is 14.8 Å². The molecule has 0 aliphatic heterocycles. The fourth-order valence-electron chi connectivity index (χ4n) is 1.76. The molecule has 3 rings (SSSR count). The van der Waals surface area contributed by atoms with Crippen molar-refractivity contribution in [1.82, 2.24) is 9.97 Å². The first-order chi connectivity index (χ1) is 9.67. The van der Waals surface area contributed by atoms with E-state index in [0.29, 0.717) is 11.0 Å². The van der Waals surface area contributed by atoms with Gasteiger partial charge in [-0.2, -0.15) is 0 Å². The minimum absolute atomic E-state index is 0.152. The lowest BCUT2D eigenvalue weighted by Crippen LogP contribution is -1.92. The highest BCUT2D eigenvalue weighted by Gasteiger charge is 2.11. The molecule has 20 heavy (non-hydrogen) atoms. The van der Waals surface area contributed by atoms with Gasteiger partial charge in [0, 0.05) is 12.3 Å². The summed E-state index contributed by atoms with van der Waals surface area (Å²) in [6.45, 7) is 6.83. The van der Waals surface area contributed by atoms with Crippen LogP contribution in [0.5, 0.6) is 11.6 Å². The highest BCUT2D eigenvalue weighted by atomic mass is 19.1. The van der Waals surface area contributed by atoms with E-state index < -0.39 is 11.6 Å². The summed E-state index contributed by atoms with van der Waals surface area (Å²) in [5.41, 5.74) is 0.912. The highest BCUT2D eigenvalue weighted by Crippen LogP contribution is 2.29. The van der Waals surface area contributed by atoms with Crippen LogP contribution >= 0.6 is 0 Å². The summed E-state index contributed by atoms with van der Waals surface area (Å²) in [6.07, 6.45) is 1.63. The standard InChI is InChI=1S/C14H7F2N3O/c1-17-12-6-8(2-3-9(12)15)20-14-10(16)7-13-11(19-14)4-5-18-13/h2-7,18H. The van der Waals surface area contributed by atoms with E-state index in [1.807, 2.05) is 0 Å². The van der Waals surface area contributed by atoms with E-state index >= 15 is 0 Å². The Morgan fingerprint density at radius 1 is 1.15 bits per heavy atom. The van der Waals surface area contributed by atoms with Gasteiger partial charge in [-0.1, -0.05) is 0 Å². The summed E-state index contributed by atoms with van der Waals surface area (Å²) >= 11 is 0. The first-order valence-electron chi connectivity index (χ1n) is 5.66. The van der Waals surface area contributed by atoms with Gasteiger partial charge in [-0.3, -0.25) is 0 Å². The van der Waals surface area contributed by atoms with Gasteiger partial charge < -0.3 is 9.72 Å². The summed E-state index contributed by atoms with van der Waals surface area (Å²) < 4.78 is 32.3. The maximum absolute atomic E-state index is 13.8. The van der Waals surface area contributed by atoms with E-state index in [4.69, 9.17) is 11.3 Å². The number of H-pyrrole nitrogens is 1. The van der Waals surface area contributed by atoms with Crippen LogP contribution in [0.15, 0.2) is 36.5 Å².